The lowest BCUT2D eigenvalue weighted by Gasteiger charge is -2.26. The number of carbonyl (C=O) groups excluding carboxylic acids is 3. The fourth-order valence-electron chi connectivity index (χ4n) is 3.22. The molecule has 3 aromatic rings. The predicted octanol–water partition coefficient (Wildman–Crippen LogP) is 3.78. The number of nitrogens with one attached hydrogen (secondary N) is 1. The molecule has 178 valence electrons. The second-order valence-electron chi connectivity index (χ2n) is 7.20. The normalized spacial score (nSPS) is 15.2. The van der Waals surface area contributed by atoms with E-state index in [1.807, 2.05) is 0 Å². The molecule has 11 heteroatoms. The van der Waals surface area contributed by atoms with Gasteiger partial charge >= 0.3 is 16.1 Å². The number of amides is 4. The van der Waals surface area contributed by atoms with E-state index in [0.29, 0.717) is 11.3 Å². The fourth-order valence-corrected chi connectivity index (χ4v) is 4.46. The summed E-state index contributed by atoms with van der Waals surface area (Å²) in [7, 11) is -2.64. The van der Waals surface area contributed by atoms with E-state index in [4.69, 9.17) is 20.5 Å². The number of hydrogen-bond acceptors (Lipinski definition) is 7. The van der Waals surface area contributed by atoms with Gasteiger partial charge in [-0.15, -0.1) is 0 Å². The SMILES string of the molecule is COc1ccc(N2C(=O)NC(=O)/C(=C\c3ccc(OS(=O)(=O)c4ccccc4)c(Cl)c3)C2=O)cc1. The van der Waals surface area contributed by atoms with Crippen LogP contribution in [0, 0.1) is 0 Å². The lowest BCUT2D eigenvalue weighted by Crippen LogP contribution is -2.54. The first-order valence-corrected chi connectivity index (χ1v) is 11.8. The molecule has 3 aromatic carbocycles. The lowest BCUT2D eigenvalue weighted by atomic mass is 10.1. The highest BCUT2D eigenvalue weighted by Gasteiger charge is 2.36. The Morgan fingerprint density at radius 3 is 2.26 bits per heavy atom. The number of urea groups is 1. The number of carbonyl (C=O) groups is 3. The van der Waals surface area contributed by atoms with Gasteiger partial charge in [0.05, 0.1) is 17.8 Å². The third-order valence-corrected chi connectivity index (χ3v) is 6.47. The average Bonchev–Trinajstić information content (AvgIpc) is 2.84. The van der Waals surface area contributed by atoms with Gasteiger partial charge in [-0.3, -0.25) is 14.9 Å². The van der Waals surface area contributed by atoms with Crippen molar-refractivity contribution in [1.82, 2.24) is 5.32 Å². The van der Waals surface area contributed by atoms with Crippen LogP contribution in [0.3, 0.4) is 0 Å². The summed E-state index contributed by atoms with van der Waals surface area (Å²) in [6, 6.07) is 16.8. The number of methoxy groups -OCH3 is 1. The van der Waals surface area contributed by atoms with Gasteiger partial charge in [-0.2, -0.15) is 8.42 Å². The van der Waals surface area contributed by atoms with E-state index < -0.39 is 28.0 Å². The first kappa shape index (κ1) is 24.0. The molecule has 4 amide bonds. The molecule has 1 saturated heterocycles. The highest BCUT2D eigenvalue weighted by atomic mass is 35.5. The summed E-state index contributed by atoms with van der Waals surface area (Å²) in [6.07, 6.45) is 1.24. The maximum Gasteiger partial charge on any atom is 0.339 e. The molecule has 0 radical (unpaired) electrons. The zero-order valence-electron chi connectivity index (χ0n) is 18.1. The average molecular weight is 513 g/mol. The van der Waals surface area contributed by atoms with Crippen LogP contribution in [0.1, 0.15) is 5.56 Å². The molecule has 1 aliphatic heterocycles. The van der Waals surface area contributed by atoms with Crippen LogP contribution in [-0.2, 0) is 19.7 Å². The van der Waals surface area contributed by atoms with Crippen molar-refractivity contribution in [2.24, 2.45) is 0 Å². The van der Waals surface area contributed by atoms with Crippen LogP contribution in [-0.4, -0.2) is 33.4 Å². The van der Waals surface area contributed by atoms with E-state index in [1.165, 1.54) is 55.7 Å². The molecule has 9 nitrogen and oxygen atoms in total. The Labute approximate surface area is 205 Å². The first-order chi connectivity index (χ1) is 16.7. The van der Waals surface area contributed by atoms with Crippen LogP contribution < -0.4 is 19.1 Å². The molecule has 0 bridgehead atoms. The Morgan fingerprint density at radius 1 is 0.943 bits per heavy atom. The standard InChI is InChI=1S/C24H17ClN2O7S/c1-33-17-10-8-16(9-11-17)27-23(29)19(22(28)26-24(27)30)13-15-7-12-21(20(25)14-15)34-35(31,32)18-5-3-2-4-6-18/h2-14H,1H3,(H,26,28,30)/b19-13+. The molecule has 35 heavy (non-hydrogen) atoms. The van der Waals surface area contributed by atoms with Gasteiger partial charge in [0.2, 0.25) is 0 Å². The molecule has 1 N–H and O–H groups in total. The third kappa shape index (κ3) is 5.03. The number of rotatable bonds is 6. The van der Waals surface area contributed by atoms with Gasteiger partial charge in [-0.25, -0.2) is 9.69 Å². The lowest BCUT2D eigenvalue weighted by molar-refractivity contribution is -0.122. The van der Waals surface area contributed by atoms with Gasteiger partial charge in [0.1, 0.15) is 16.2 Å². The Bertz CT molecular complexity index is 1450. The number of barbiturate groups is 1. The first-order valence-electron chi connectivity index (χ1n) is 10.0. The van der Waals surface area contributed by atoms with E-state index in [-0.39, 0.29) is 26.9 Å². The van der Waals surface area contributed by atoms with Crippen molar-refractivity contribution < 1.29 is 31.7 Å². The summed E-state index contributed by atoms with van der Waals surface area (Å²) in [4.78, 5) is 38.5. The summed E-state index contributed by atoms with van der Waals surface area (Å²) in [5, 5.41) is 2.06. The topological polar surface area (TPSA) is 119 Å². The van der Waals surface area contributed by atoms with Gasteiger partial charge in [-0.05, 0) is 60.2 Å². The molecule has 1 fully saturated rings. The number of imide groups is 2. The van der Waals surface area contributed by atoms with Gasteiger partial charge in [0, 0.05) is 0 Å². The third-order valence-electron chi connectivity index (χ3n) is 4.93. The van der Waals surface area contributed by atoms with Crippen LogP contribution in [0.5, 0.6) is 11.5 Å². The number of anilines is 1. The van der Waals surface area contributed by atoms with Crippen LogP contribution in [0.15, 0.2) is 83.3 Å². The summed E-state index contributed by atoms with van der Waals surface area (Å²) < 4.78 is 35.1. The molecule has 0 aliphatic carbocycles. The quantitative estimate of drug-likeness (QED) is 0.303. The fraction of sp³-hybridized carbons (Fsp3) is 0.0417. The highest BCUT2D eigenvalue weighted by molar-refractivity contribution is 7.87. The van der Waals surface area contributed by atoms with E-state index in [2.05, 4.69) is 5.32 Å². The number of ether oxygens (including phenoxy) is 1. The molecule has 0 saturated carbocycles. The zero-order valence-corrected chi connectivity index (χ0v) is 19.7. The number of benzene rings is 3. The van der Waals surface area contributed by atoms with Crippen LogP contribution in [0.2, 0.25) is 5.02 Å². The molecule has 1 heterocycles. The van der Waals surface area contributed by atoms with Gasteiger partial charge in [-0.1, -0.05) is 35.9 Å². The van der Waals surface area contributed by atoms with Crippen molar-refractivity contribution in [3.05, 3.63) is 89.0 Å². The molecule has 0 atom stereocenters. The Balaban J connectivity index is 1.61. The second kappa shape index (κ2) is 9.61. The molecule has 0 spiro atoms. The van der Waals surface area contributed by atoms with Crippen molar-refractivity contribution in [2.75, 3.05) is 12.0 Å². The van der Waals surface area contributed by atoms with Crippen molar-refractivity contribution >= 4 is 51.3 Å². The Morgan fingerprint density at radius 2 is 1.63 bits per heavy atom. The minimum atomic E-state index is -4.11. The van der Waals surface area contributed by atoms with Gasteiger partial charge in [0.15, 0.2) is 5.75 Å². The monoisotopic (exact) mass is 512 g/mol. The molecular weight excluding hydrogens is 496 g/mol. The van der Waals surface area contributed by atoms with Crippen molar-refractivity contribution in [3.8, 4) is 11.5 Å². The largest absolute Gasteiger partial charge is 0.497 e. The van der Waals surface area contributed by atoms with E-state index in [0.717, 1.165) is 4.90 Å². The maximum atomic E-state index is 13.0. The highest BCUT2D eigenvalue weighted by Crippen LogP contribution is 2.30. The number of hydrogen-bond donors (Lipinski definition) is 1. The Hall–Kier alpha value is -4.15. The van der Waals surface area contributed by atoms with E-state index >= 15 is 0 Å². The van der Waals surface area contributed by atoms with Crippen LogP contribution >= 0.6 is 11.6 Å². The van der Waals surface area contributed by atoms with Crippen LogP contribution in [0.25, 0.3) is 6.08 Å². The summed E-state index contributed by atoms with van der Waals surface area (Å²) >= 11 is 6.21. The molecule has 0 aromatic heterocycles. The van der Waals surface area contributed by atoms with Crippen molar-refractivity contribution in [2.45, 2.75) is 4.90 Å². The summed E-state index contributed by atoms with van der Waals surface area (Å²) in [6.45, 7) is 0. The van der Waals surface area contributed by atoms with Gasteiger partial charge < -0.3 is 8.92 Å². The minimum Gasteiger partial charge on any atom is -0.497 e. The molecule has 1 aliphatic rings. The summed E-state index contributed by atoms with van der Waals surface area (Å²) in [5.41, 5.74) is 0.226. The zero-order chi connectivity index (χ0) is 25.2. The molecule has 4 rings (SSSR count). The van der Waals surface area contributed by atoms with Gasteiger partial charge in [0.25, 0.3) is 11.8 Å². The molecule has 0 unspecified atom stereocenters. The minimum absolute atomic E-state index is 0.0463. The predicted molar refractivity (Wildman–Crippen MR) is 128 cm³/mol. The van der Waals surface area contributed by atoms with Crippen molar-refractivity contribution in [3.63, 3.8) is 0 Å². The number of halogens is 1. The second-order valence-corrected chi connectivity index (χ2v) is 9.15. The van der Waals surface area contributed by atoms with E-state index in [1.54, 1.807) is 30.3 Å². The maximum absolute atomic E-state index is 13.0. The van der Waals surface area contributed by atoms with Crippen molar-refractivity contribution in [1.29, 1.82) is 0 Å². The number of nitrogens with zero attached hydrogens (tertiary/aromatic N) is 1. The van der Waals surface area contributed by atoms with E-state index in [9.17, 15) is 22.8 Å². The summed E-state index contributed by atoms with van der Waals surface area (Å²) in [5.74, 6) is -1.33. The molecular formula is C24H17ClN2O7S. The Kier molecular flexibility index (Phi) is 6.59. The smallest absolute Gasteiger partial charge is 0.339 e. The van der Waals surface area contributed by atoms with Crippen LogP contribution in [0.4, 0.5) is 10.5 Å².